The van der Waals surface area contributed by atoms with Crippen molar-refractivity contribution < 1.29 is 17.6 Å². The van der Waals surface area contributed by atoms with Crippen molar-refractivity contribution in [3.05, 3.63) is 82.6 Å². The molecule has 226 valence electrons. The Morgan fingerprint density at radius 3 is 2.37 bits per heavy atom. The lowest BCUT2D eigenvalue weighted by Crippen LogP contribution is -2.60. The molecule has 0 radical (unpaired) electrons. The largest absolute Gasteiger partial charge is 0.398 e. The lowest BCUT2D eigenvalue weighted by Gasteiger charge is -2.46. The van der Waals surface area contributed by atoms with Gasteiger partial charge in [0, 0.05) is 30.9 Å². The molecule has 2 aromatic carbocycles. The fourth-order valence-corrected chi connectivity index (χ4v) is 7.40. The van der Waals surface area contributed by atoms with Crippen LogP contribution in [-0.2, 0) is 27.8 Å². The summed E-state index contributed by atoms with van der Waals surface area (Å²) in [5, 5.41) is 0.0863. The summed E-state index contributed by atoms with van der Waals surface area (Å²) in [5.74, 6) is -0.635. The molecule has 1 saturated heterocycles. The zero-order valence-electron chi connectivity index (χ0n) is 24.5. The van der Waals surface area contributed by atoms with E-state index in [1.807, 2.05) is 50.8 Å². The van der Waals surface area contributed by atoms with Crippen LogP contribution in [0.15, 0.2) is 59.5 Å². The van der Waals surface area contributed by atoms with Gasteiger partial charge in [0.15, 0.2) is 11.7 Å². The number of carbonyl (C=O) groups is 1. The first-order valence-electron chi connectivity index (χ1n) is 14.1. The summed E-state index contributed by atoms with van der Waals surface area (Å²) >= 11 is 6.78. The van der Waals surface area contributed by atoms with Crippen molar-refractivity contribution in [1.29, 1.82) is 0 Å². The van der Waals surface area contributed by atoms with E-state index < -0.39 is 16.0 Å². The minimum absolute atomic E-state index is 0.0188. The minimum Gasteiger partial charge on any atom is -0.398 e. The molecule has 5 rings (SSSR count). The molecule has 2 unspecified atom stereocenters. The molecule has 1 amide bonds. The molecule has 43 heavy (non-hydrogen) atoms. The Labute approximate surface area is 256 Å². The van der Waals surface area contributed by atoms with E-state index in [0.29, 0.717) is 37.2 Å². The number of hydrogen-bond donors (Lipinski definition) is 1. The van der Waals surface area contributed by atoms with Crippen molar-refractivity contribution in [3.63, 3.8) is 0 Å². The summed E-state index contributed by atoms with van der Waals surface area (Å²) in [6.07, 6.45) is 2.37. The third kappa shape index (κ3) is 5.25. The Kier molecular flexibility index (Phi) is 8.24. The number of amides is 1. The SMILES string of the molecule is C=CC(=O)N1CC(C)N(C2=NS(=O)(=O)N(c3c(CC)cccc3CC)c3nc(-c4c(N)cccc4F)c(Cl)cc32)CC1C. The van der Waals surface area contributed by atoms with Crippen LogP contribution in [0.2, 0.25) is 5.02 Å². The second-order valence-corrected chi connectivity index (χ2v) is 12.6. The molecule has 0 saturated carbocycles. The Balaban J connectivity index is 1.79. The van der Waals surface area contributed by atoms with E-state index in [9.17, 15) is 13.2 Å². The summed E-state index contributed by atoms with van der Waals surface area (Å²) in [7, 11) is -4.41. The highest BCUT2D eigenvalue weighted by molar-refractivity contribution is 7.92. The average molecular weight is 625 g/mol. The first-order valence-corrected chi connectivity index (χ1v) is 15.9. The van der Waals surface area contributed by atoms with Gasteiger partial charge in [-0.25, -0.2) is 13.7 Å². The van der Waals surface area contributed by atoms with Crippen LogP contribution in [0.25, 0.3) is 11.3 Å². The number of carbonyl (C=O) groups excluding carboxylic acids is 1. The second-order valence-electron chi connectivity index (χ2n) is 10.7. The van der Waals surface area contributed by atoms with Crippen LogP contribution in [0.3, 0.4) is 0 Å². The van der Waals surface area contributed by atoms with Crippen LogP contribution in [0, 0.1) is 5.82 Å². The van der Waals surface area contributed by atoms with Crippen LogP contribution in [0.1, 0.15) is 44.4 Å². The van der Waals surface area contributed by atoms with Crippen molar-refractivity contribution >= 4 is 50.7 Å². The first kappa shape index (κ1) is 30.5. The van der Waals surface area contributed by atoms with Gasteiger partial charge in [0.2, 0.25) is 5.91 Å². The Morgan fingerprint density at radius 2 is 1.77 bits per heavy atom. The monoisotopic (exact) mass is 624 g/mol. The molecule has 0 aliphatic carbocycles. The van der Waals surface area contributed by atoms with Crippen molar-refractivity contribution in [2.24, 2.45) is 4.40 Å². The molecule has 3 heterocycles. The maximum absolute atomic E-state index is 15.2. The Morgan fingerprint density at radius 1 is 1.12 bits per heavy atom. The van der Waals surface area contributed by atoms with Gasteiger partial charge in [-0.1, -0.05) is 56.3 Å². The molecule has 2 aliphatic heterocycles. The Bertz CT molecular complexity index is 1720. The van der Waals surface area contributed by atoms with Gasteiger partial charge in [0.25, 0.3) is 0 Å². The van der Waals surface area contributed by atoms with E-state index in [0.717, 1.165) is 15.4 Å². The number of halogens is 2. The van der Waals surface area contributed by atoms with E-state index in [-0.39, 0.29) is 51.6 Å². The normalized spacial score (nSPS) is 19.6. The molecule has 2 N–H and O–H groups in total. The minimum atomic E-state index is -4.41. The van der Waals surface area contributed by atoms with Gasteiger partial charge in [0.05, 0.1) is 27.5 Å². The lowest BCUT2D eigenvalue weighted by molar-refractivity contribution is -0.130. The van der Waals surface area contributed by atoms with Crippen LogP contribution in [0.4, 0.5) is 21.6 Å². The van der Waals surface area contributed by atoms with Crippen LogP contribution < -0.4 is 10.0 Å². The predicted octanol–water partition coefficient (Wildman–Crippen LogP) is 5.50. The number of aromatic nitrogens is 1. The fourth-order valence-electron chi connectivity index (χ4n) is 5.82. The molecule has 0 spiro atoms. The second kappa shape index (κ2) is 11.6. The van der Waals surface area contributed by atoms with Gasteiger partial charge >= 0.3 is 10.2 Å². The summed E-state index contributed by atoms with van der Waals surface area (Å²) < 4.78 is 49.2. The predicted molar refractivity (Wildman–Crippen MR) is 169 cm³/mol. The lowest BCUT2D eigenvalue weighted by atomic mass is 10.0. The van der Waals surface area contributed by atoms with Gasteiger partial charge in [-0.3, -0.25) is 4.79 Å². The molecular weight excluding hydrogens is 591 g/mol. The number of benzene rings is 2. The van der Waals surface area contributed by atoms with Gasteiger partial charge in [-0.2, -0.15) is 8.42 Å². The number of nitrogen functional groups attached to an aromatic ring is 1. The summed E-state index contributed by atoms with van der Waals surface area (Å²) in [6, 6.07) is 10.9. The average Bonchev–Trinajstić information content (AvgIpc) is 2.97. The number of rotatable bonds is 5. The molecular formula is C31H34ClFN6O3S. The van der Waals surface area contributed by atoms with Crippen molar-refractivity contribution in [2.75, 3.05) is 23.1 Å². The smallest absolute Gasteiger partial charge is 0.352 e. The van der Waals surface area contributed by atoms with E-state index >= 15 is 4.39 Å². The number of amidine groups is 1. The standard InChI is InChI=1S/C31H34ClFN6O3S/c1-6-20-11-9-12-21(7-2)29(20)39-30-22(15-23(32)28(35-30)27-24(33)13-10-14-25(27)34)31(36-43(39,41)42)38-17-18(4)37(16-19(38)5)26(40)8-3/h8-15,18-19H,3,6-7,16-17,34H2,1-2,4-5H3. The topological polar surface area (TPSA) is 112 Å². The van der Waals surface area contributed by atoms with Gasteiger partial charge in [0.1, 0.15) is 5.82 Å². The fraction of sp³-hybridized carbons (Fsp3) is 0.323. The zero-order valence-corrected chi connectivity index (χ0v) is 26.1. The molecule has 9 nitrogen and oxygen atoms in total. The number of fused-ring (bicyclic) bond motifs is 1. The van der Waals surface area contributed by atoms with Crippen LogP contribution >= 0.6 is 11.6 Å². The number of nitrogens with two attached hydrogens (primary N) is 1. The van der Waals surface area contributed by atoms with Crippen molar-refractivity contribution in [2.45, 2.75) is 52.6 Å². The van der Waals surface area contributed by atoms with Crippen LogP contribution in [0.5, 0.6) is 0 Å². The van der Waals surface area contributed by atoms with Gasteiger partial charge in [-0.15, -0.1) is 4.40 Å². The van der Waals surface area contributed by atoms with E-state index in [1.54, 1.807) is 11.0 Å². The summed E-state index contributed by atoms with van der Waals surface area (Å²) in [6.45, 7) is 11.9. The number of aryl methyl sites for hydroxylation is 2. The summed E-state index contributed by atoms with van der Waals surface area (Å²) in [5.41, 5.74) is 8.69. The Hall–Kier alpha value is -3.96. The quantitative estimate of drug-likeness (QED) is 0.296. The number of nitrogens with zero attached hydrogens (tertiary/aromatic N) is 5. The summed E-state index contributed by atoms with van der Waals surface area (Å²) in [4.78, 5) is 20.8. The van der Waals surface area contributed by atoms with Crippen molar-refractivity contribution in [3.8, 4) is 11.3 Å². The zero-order chi connectivity index (χ0) is 31.2. The number of piperazine rings is 1. The van der Waals surface area contributed by atoms with Crippen LogP contribution in [-0.4, -0.2) is 60.1 Å². The molecule has 2 aliphatic rings. The van der Waals surface area contributed by atoms with Gasteiger partial charge in [-0.05, 0) is 62.1 Å². The third-order valence-corrected chi connectivity index (χ3v) is 9.50. The number of pyridine rings is 1. The molecule has 2 atom stereocenters. The molecule has 12 heteroatoms. The maximum Gasteiger partial charge on any atom is 0.352 e. The highest BCUT2D eigenvalue weighted by atomic mass is 35.5. The molecule has 0 bridgehead atoms. The van der Waals surface area contributed by atoms with E-state index in [1.165, 1.54) is 24.3 Å². The molecule has 3 aromatic rings. The highest BCUT2D eigenvalue weighted by Gasteiger charge is 2.42. The molecule has 1 aromatic heterocycles. The number of para-hydroxylation sites is 1. The third-order valence-electron chi connectivity index (χ3n) is 7.99. The number of anilines is 3. The maximum atomic E-state index is 15.2. The molecule has 1 fully saturated rings. The first-order chi connectivity index (χ1) is 20.4. The highest BCUT2D eigenvalue weighted by Crippen LogP contribution is 2.44. The number of hydrogen-bond acceptors (Lipinski definition) is 6. The van der Waals surface area contributed by atoms with Crippen molar-refractivity contribution in [1.82, 2.24) is 14.8 Å². The van der Waals surface area contributed by atoms with Gasteiger partial charge < -0.3 is 15.5 Å². The van der Waals surface area contributed by atoms with E-state index in [2.05, 4.69) is 11.0 Å². The van der Waals surface area contributed by atoms with E-state index in [4.69, 9.17) is 22.3 Å².